The van der Waals surface area contributed by atoms with Crippen LogP contribution in [0, 0.1) is 11.3 Å². The van der Waals surface area contributed by atoms with Crippen molar-refractivity contribution in [3.05, 3.63) is 51.5 Å². The Kier molecular flexibility index (Phi) is 5.96. The van der Waals surface area contributed by atoms with E-state index in [1.807, 2.05) is 4.90 Å². The summed E-state index contributed by atoms with van der Waals surface area (Å²) in [5.74, 6) is 0.743. The van der Waals surface area contributed by atoms with Gasteiger partial charge in [0.1, 0.15) is 0 Å². The van der Waals surface area contributed by atoms with Crippen LogP contribution in [-0.4, -0.2) is 40.8 Å². The molecule has 2 aromatic rings. The molecule has 0 spiro atoms. The van der Waals surface area contributed by atoms with Crippen LogP contribution >= 0.6 is 11.3 Å². The second kappa shape index (κ2) is 8.50. The molecule has 0 radical (unpaired) electrons. The van der Waals surface area contributed by atoms with Crippen LogP contribution in [0.4, 0.5) is 0 Å². The second-order valence-electron chi connectivity index (χ2n) is 9.65. The van der Waals surface area contributed by atoms with Gasteiger partial charge in [-0.2, -0.15) is 0 Å². The van der Waals surface area contributed by atoms with Gasteiger partial charge in [0.05, 0.1) is 10.4 Å². The number of likely N-dealkylation sites (tertiary alicyclic amines) is 1. The number of piperidine rings is 1. The normalized spacial score (nSPS) is 20.0. The van der Waals surface area contributed by atoms with Gasteiger partial charge < -0.3 is 10.2 Å². The van der Waals surface area contributed by atoms with E-state index in [2.05, 4.69) is 37.1 Å². The Labute approximate surface area is 182 Å². The lowest BCUT2D eigenvalue weighted by Crippen LogP contribution is -2.46. The van der Waals surface area contributed by atoms with Gasteiger partial charge in [-0.3, -0.25) is 14.6 Å². The van der Waals surface area contributed by atoms with Crippen LogP contribution in [-0.2, 0) is 12.8 Å². The fourth-order valence-corrected chi connectivity index (χ4v) is 5.69. The molecular weight excluding hydrogens is 394 g/mol. The lowest BCUT2D eigenvalue weighted by atomic mass is 9.72. The van der Waals surface area contributed by atoms with Crippen LogP contribution in [0.2, 0.25) is 0 Å². The van der Waals surface area contributed by atoms with Crippen molar-refractivity contribution in [2.45, 2.75) is 58.9 Å². The largest absolute Gasteiger partial charge is 0.349 e. The molecule has 1 aliphatic carbocycles. The first-order valence-corrected chi connectivity index (χ1v) is 11.7. The third-order valence-corrected chi connectivity index (χ3v) is 7.78. The van der Waals surface area contributed by atoms with Crippen LogP contribution < -0.4 is 5.32 Å². The van der Waals surface area contributed by atoms with Gasteiger partial charge >= 0.3 is 0 Å². The number of hydrogen-bond donors (Lipinski definition) is 1. The molecule has 0 aromatic carbocycles. The van der Waals surface area contributed by atoms with Crippen LogP contribution in [0.3, 0.4) is 0 Å². The Bertz CT molecular complexity index is 908. The first-order chi connectivity index (χ1) is 14.3. The number of rotatable bonds is 3. The summed E-state index contributed by atoms with van der Waals surface area (Å²) >= 11 is 1.69. The Balaban J connectivity index is 1.33. The summed E-state index contributed by atoms with van der Waals surface area (Å²) in [7, 11) is 0. The number of aromatic nitrogens is 1. The highest BCUT2D eigenvalue weighted by Gasteiger charge is 2.32. The molecule has 160 valence electrons. The van der Waals surface area contributed by atoms with E-state index in [-0.39, 0.29) is 17.9 Å². The predicted octanol–water partition coefficient (Wildman–Crippen LogP) is 4.33. The van der Waals surface area contributed by atoms with Gasteiger partial charge in [0.2, 0.25) is 0 Å². The van der Waals surface area contributed by atoms with Crippen molar-refractivity contribution in [1.29, 1.82) is 0 Å². The fraction of sp³-hybridized carbons (Fsp3) is 0.542. The molecule has 3 heterocycles. The average Bonchev–Trinajstić information content (AvgIpc) is 3.17. The van der Waals surface area contributed by atoms with E-state index in [1.165, 1.54) is 16.9 Å². The van der Waals surface area contributed by atoms with Crippen molar-refractivity contribution < 1.29 is 9.59 Å². The number of carbonyl (C=O) groups is 2. The first kappa shape index (κ1) is 21.0. The van der Waals surface area contributed by atoms with Crippen molar-refractivity contribution in [2.24, 2.45) is 11.3 Å². The minimum atomic E-state index is -0.0905. The van der Waals surface area contributed by atoms with Crippen LogP contribution in [0.15, 0.2) is 30.6 Å². The third kappa shape index (κ3) is 4.59. The Hall–Kier alpha value is -2.21. The molecular formula is C24H31N3O2S. The van der Waals surface area contributed by atoms with E-state index in [1.54, 1.807) is 35.9 Å². The van der Waals surface area contributed by atoms with Crippen molar-refractivity contribution >= 4 is 23.2 Å². The lowest BCUT2D eigenvalue weighted by molar-refractivity contribution is 0.0702. The van der Waals surface area contributed by atoms with E-state index < -0.39 is 0 Å². The zero-order chi connectivity index (χ0) is 21.3. The van der Waals surface area contributed by atoms with Gasteiger partial charge in [-0.1, -0.05) is 20.8 Å². The summed E-state index contributed by atoms with van der Waals surface area (Å²) < 4.78 is 0. The zero-order valence-electron chi connectivity index (χ0n) is 18.1. The van der Waals surface area contributed by atoms with E-state index in [4.69, 9.17) is 0 Å². The number of aryl methyl sites for hydroxylation is 1. The summed E-state index contributed by atoms with van der Waals surface area (Å²) in [5, 5.41) is 3.08. The molecule has 2 aromatic heterocycles. The molecule has 5 nitrogen and oxygen atoms in total. The van der Waals surface area contributed by atoms with Crippen molar-refractivity contribution in [3.8, 4) is 0 Å². The van der Waals surface area contributed by atoms with Gasteiger partial charge in [-0.15, -0.1) is 11.3 Å². The Morgan fingerprint density at radius 2 is 1.97 bits per heavy atom. The molecule has 1 N–H and O–H groups in total. The Morgan fingerprint density at radius 3 is 2.63 bits per heavy atom. The number of hydrogen-bond acceptors (Lipinski definition) is 4. The average molecular weight is 426 g/mol. The molecule has 1 saturated heterocycles. The zero-order valence-corrected chi connectivity index (χ0v) is 18.9. The lowest BCUT2D eigenvalue weighted by Gasteiger charge is -2.33. The minimum Gasteiger partial charge on any atom is -0.349 e. The maximum absolute atomic E-state index is 13.1. The SMILES string of the molecule is CC(C)(C)C1CCc2sc(C(=O)N3CCC(NC(=O)c4cccnc4)CC3)cc2C1. The highest BCUT2D eigenvalue weighted by molar-refractivity contribution is 7.14. The van der Waals surface area contributed by atoms with Crippen molar-refractivity contribution in [1.82, 2.24) is 15.2 Å². The van der Waals surface area contributed by atoms with Gasteiger partial charge in [0.15, 0.2) is 0 Å². The van der Waals surface area contributed by atoms with Crippen molar-refractivity contribution in [2.75, 3.05) is 13.1 Å². The van der Waals surface area contributed by atoms with E-state index in [0.29, 0.717) is 30.0 Å². The maximum Gasteiger partial charge on any atom is 0.263 e. The summed E-state index contributed by atoms with van der Waals surface area (Å²) in [6.45, 7) is 8.32. The highest BCUT2D eigenvalue weighted by atomic mass is 32.1. The number of fused-ring (bicyclic) bond motifs is 1. The predicted molar refractivity (Wildman–Crippen MR) is 120 cm³/mol. The van der Waals surface area contributed by atoms with Crippen LogP contribution in [0.25, 0.3) is 0 Å². The molecule has 2 aliphatic rings. The topological polar surface area (TPSA) is 62.3 Å². The van der Waals surface area contributed by atoms with E-state index in [0.717, 1.165) is 30.6 Å². The molecule has 1 atom stereocenters. The number of nitrogens with one attached hydrogen (secondary N) is 1. The summed E-state index contributed by atoms with van der Waals surface area (Å²) in [6, 6.07) is 5.78. The molecule has 1 fully saturated rings. The monoisotopic (exact) mass is 425 g/mol. The number of carbonyl (C=O) groups excluding carboxylic acids is 2. The highest BCUT2D eigenvalue weighted by Crippen LogP contribution is 2.40. The van der Waals surface area contributed by atoms with E-state index in [9.17, 15) is 9.59 Å². The van der Waals surface area contributed by atoms with Gasteiger partial charge in [0, 0.05) is 36.4 Å². The molecule has 4 rings (SSSR count). The molecule has 2 amide bonds. The first-order valence-electron chi connectivity index (χ1n) is 10.9. The molecule has 1 unspecified atom stereocenters. The second-order valence-corrected chi connectivity index (χ2v) is 10.8. The number of pyridine rings is 1. The molecule has 30 heavy (non-hydrogen) atoms. The van der Waals surface area contributed by atoms with Crippen LogP contribution in [0.5, 0.6) is 0 Å². The quantitative estimate of drug-likeness (QED) is 0.796. The molecule has 0 saturated carbocycles. The number of thiophene rings is 1. The summed E-state index contributed by atoms with van der Waals surface area (Å²) in [5.41, 5.74) is 2.27. The minimum absolute atomic E-state index is 0.0905. The standard InChI is InChI=1S/C24H31N3O2S/c1-24(2,3)18-6-7-20-17(13-18)14-21(30-20)23(29)27-11-8-19(9-12-27)26-22(28)16-5-4-10-25-15-16/h4-5,10,14-15,18-19H,6-9,11-13H2,1-3H3,(H,26,28). The van der Waals surface area contributed by atoms with Gasteiger partial charge in [-0.05, 0) is 67.2 Å². The summed E-state index contributed by atoms with van der Waals surface area (Å²) in [6.07, 6.45) is 8.21. The maximum atomic E-state index is 13.1. The third-order valence-electron chi connectivity index (χ3n) is 6.56. The van der Waals surface area contributed by atoms with Gasteiger partial charge in [0.25, 0.3) is 11.8 Å². The summed E-state index contributed by atoms with van der Waals surface area (Å²) in [4.78, 5) is 33.6. The van der Waals surface area contributed by atoms with Crippen molar-refractivity contribution in [3.63, 3.8) is 0 Å². The number of nitrogens with zero attached hydrogens (tertiary/aromatic N) is 2. The number of amides is 2. The molecule has 6 heteroatoms. The Morgan fingerprint density at radius 1 is 1.20 bits per heavy atom. The van der Waals surface area contributed by atoms with E-state index >= 15 is 0 Å². The molecule has 1 aliphatic heterocycles. The van der Waals surface area contributed by atoms with Gasteiger partial charge in [-0.25, -0.2) is 0 Å². The fourth-order valence-electron chi connectivity index (χ4n) is 4.52. The molecule has 0 bridgehead atoms. The smallest absolute Gasteiger partial charge is 0.263 e. The van der Waals surface area contributed by atoms with Crippen LogP contribution in [0.1, 0.15) is 70.5 Å².